The molecule has 0 saturated carbocycles. The molecule has 0 aliphatic rings. The Hall–Kier alpha value is -3.52. The summed E-state index contributed by atoms with van der Waals surface area (Å²) in [7, 11) is 0. The van der Waals surface area contributed by atoms with Crippen LogP contribution in [-0.2, 0) is 37.9 Å². The third-order valence-electron chi connectivity index (χ3n) is 12.4. The molecule has 0 aliphatic heterocycles. The number of hydrogen-bond donors (Lipinski definition) is 8. The van der Waals surface area contributed by atoms with Crippen molar-refractivity contribution in [2.24, 2.45) is 0 Å². The summed E-state index contributed by atoms with van der Waals surface area (Å²) in [5.41, 5.74) is 0. The Bertz CT molecular complexity index is 1810. The third kappa shape index (κ3) is 22.0. The molecule has 0 radical (unpaired) electrons. The molecular formula is C56H90O20. The van der Waals surface area contributed by atoms with E-state index in [1.807, 2.05) is 36.4 Å². The second kappa shape index (κ2) is 38.1. The van der Waals surface area contributed by atoms with E-state index in [-0.39, 0.29) is 52.9 Å². The quantitative estimate of drug-likeness (QED) is 0.0124. The fourth-order valence-corrected chi connectivity index (χ4v) is 8.55. The van der Waals surface area contributed by atoms with Gasteiger partial charge in [0.25, 0.3) is 0 Å². The Morgan fingerprint density at radius 1 is 0.263 bits per heavy atom. The van der Waals surface area contributed by atoms with Crippen LogP contribution in [0.1, 0.15) is 130 Å². The van der Waals surface area contributed by atoms with Gasteiger partial charge in [0.1, 0.15) is 0 Å². The van der Waals surface area contributed by atoms with Gasteiger partial charge in [-0.15, -0.1) is 0 Å². The Morgan fingerprint density at radius 2 is 0.447 bits per heavy atom. The molecule has 0 fully saturated rings. The van der Waals surface area contributed by atoms with Crippen molar-refractivity contribution in [1.29, 1.82) is 0 Å². The first-order valence-corrected chi connectivity index (χ1v) is 27.6. The number of benzene rings is 4. The maximum atomic E-state index is 9.99. The van der Waals surface area contributed by atoms with Crippen molar-refractivity contribution in [3.63, 3.8) is 0 Å². The van der Waals surface area contributed by atoms with Crippen LogP contribution >= 0.6 is 0 Å². The van der Waals surface area contributed by atoms with Crippen LogP contribution in [0.25, 0.3) is 32.3 Å². The zero-order chi connectivity index (χ0) is 54.9. The molecular weight excluding hydrogens is 993 g/mol. The molecule has 0 amide bonds. The van der Waals surface area contributed by atoms with Gasteiger partial charge in [-0.2, -0.15) is 0 Å². The lowest BCUT2D eigenvalue weighted by Gasteiger charge is -2.24. The number of aliphatic hydroxyl groups is 8. The highest BCUT2D eigenvalue weighted by molar-refractivity contribution is 6.29. The van der Waals surface area contributed by atoms with E-state index < -0.39 is 50.3 Å². The normalized spacial score (nSPS) is 15.3. The van der Waals surface area contributed by atoms with Gasteiger partial charge >= 0.3 is 0 Å². The lowest BCUT2D eigenvalue weighted by Crippen LogP contribution is -2.31. The maximum absolute atomic E-state index is 9.99. The first-order chi connectivity index (χ1) is 37.0. The topological polar surface area (TPSA) is 273 Å². The van der Waals surface area contributed by atoms with E-state index in [0.717, 1.165) is 109 Å². The summed E-state index contributed by atoms with van der Waals surface area (Å²) in [5.74, 6) is 2.51. The highest BCUT2D eigenvalue weighted by atomic mass is 16.7. The fraction of sp³-hybridized carbons (Fsp3) is 0.714. The minimum atomic E-state index is -1.41. The van der Waals surface area contributed by atoms with E-state index in [4.69, 9.17) is 56.8 Å². The van der Waals surface area contributed by atoms with Crippen molar-refractivity contribution in [2.75, 3.05) is 79.3 Å². The van der Waals surface area contributed by atoms with Gasteiger partial charge in [0.2, 0.25) is 50.3 Å². The summed E-state index contributed by atoms with van der Waals surface area (Å²) in [6, 6.07) is 12.2. The van der Waals surface area contributed by atoms with Crippen LogP contribution in [0.3, 0.4) is 0 Å². The van der Waals surface area contributed by atoms with Crippen LogP contribution in [0, 0.1) is 0 Å². The van der Waals surface area contributed by atoms with Gasteiger partial charge in [-0.25, -0.2) is 0 Å². The monoisotopic (exact) mass is 1080 g/mol. The molecule has 4 aromatic rings. The summed E-state index contributed by atoms with van der Waals surface area (Å²) >= 11 is 0. The van der Waals surface area contributed by atoms with Crippen molar-refractivity contribution < 1.29 is 97.7 Å². The first kappa shape index (κ1) is 65.0. The van der Waals surface area contributed by atoms with Crippen LogP contribution in [0.2, 0.25) is 0 Å². The van der Waals surface area contributed by atoms with Crippen LogP contribution < -0.4 is 18.9 Å². The molecule has 20 nitrogen and oxygen atoms in total. The Balaban J connectivity index is 1.56. The Labute approximate surface area is 448 Å². The van der Waals surface area contributed by atoms with Crippen molar-refractivity contribution in [3.05, 3.63) is 36.4 Å². The number of unbranched alkanes of at least 4 members (excludes halogenated alkanes) is 12. The summed E-state index contributed by atoms with van der Waals surface area (Å²) in [4.78, 5) is 0. The van der Waals surface area contributed by atoms with Gasteiger partial charge in [0.05, 0.1) is 26.4 Å². The zero-order valence-electron chi connectivity index (χ0n) is 45.4. The van der Waals surface area contributed by atoms with Gasteiger partial charge in [-0.05, 0) is 105 Å². The summed E-state index contributed by atoms with van der Waals surface area (Å²) in [6.07, 6.45) is 1.02. The van der Waals surface area contributed by atoms with Crippen LogP contribution in [0.4, 0.5) is 0 Å². The molecule has 0 spiro atoms. The predicted molar refractivity (Wildman–Crippen MR) is 284 cm³/mol. The van der Waals surface area contributed by atoms with Gasteiger partial charge in [0.15, 0.2) is 23.0 Å². The van der Waals surface area contributed by atoms with Gasteiger partial charge in [-0.3, -0.25) is 0 Å². The molecule has 20 heteroatoms. The minimum absolute atomic E-state index is 0.253. The first-order valence-electron chi connectivity index (χ1n) is 27.6. The molecule has 76 heavy (non-hydrogen) atoms. The average molecular weight is 1080 g/mol. The molecule has 8 unspecified atom stereocenters. The predicted octanol–water partition coefficient (Wildman–Crippen LogP) is 7.10. The molecule has 8 N–H and O–H groups in total. The van der Waals surface area contributed by atoms with Gasteiger partial charge in [-0.1, -0.05) is 62.1 Å². The standard InChI is InChI=1S/C56H90O20/c1-5-65-49(57)53(61)73-35-21-13-9-17-31-69-45-39-27-25-29-41-43(39)44-40(46(45)70-32-18-10-14-22-36-74-54(62)50(58)66-6-2)28-26-30-42(44)48(72-34-20-12-16-24-38-76-56(64)52(60)68-8-4)47(41)71-33-19-11-15-23-37-75-55(63)51(59)67-7-3/h25-30,49-64H,5-24,31-38H2,1-4H3. The van der Waals surface area contributed by atoms with E-state index in [0.29, 0.717) is 75.1 Å². The van der Waals surface area contributed by atoms with Crippen molar-refractivity contribution in [3.8, 4) is 23.0 Å². The second-order valence-electron chi connectivity index (χ2n) is 18.3. The molecule has 434 valence electrons. The highest BCUT2D eigenvalue weighted by Gasteiger charge is 2.27. The molecule has 0 aromatic heterocycles. The molecule has 4 aromatic carbocycles. The lowest BCUT2D eigenvalue weighted by molar-refractivity contribution is -0.250. The Morgan fingerprint density at radius 3 is 0.645 bits per heavy atom. The average Bonchev–Trinajstić information content (AvgIpc) is 3.49. The van der Waals surface area contributed by atoms with E-state index in [9.17, 15) is 40.9 Å². The fourth-order valence-electron chi connectivity index (χ4n) is 8.55. The second-order valence-corrected chi connectivity index (χ2v) is 18.3. The van der Waals surface area contributed by atoms with Gasteiger partial charge in [0, 0.05) is 85.2 Å². The van der Waals surface area contributed by atoms with E-state index in [1.165, 1.54) is 0 Å². The zero-order valence-corrected chi connectivity index (χ0v) is 45.4. The molecule has 0 aliphatic carbocycles. The third-order valence-corrected chi connectivity index (χ3v) is 12.4. The van der Waals surface area contributed by atoms with E-state index in [2.05, 4.69) is 0 Å². The number of aliphatic hydroxyl groups excluding tert-OH is 8. The summed E-state index contributed by atoms with van der Waals surface area (Å²) < 4.78 is 68.5. The Kier molecular flexibility index (Phi) is 32.6. The van der Waals surface area contributed by atoms with Crippen LogP contribution in [-0.4, -0.2) is 170 Å². The maximum Gasteiger partial charge on any atom is 0.206 e. The number of rotatable bonds is 48. The molecule has 0 bridgehead atoms. The van der Waals surface area contributed by atoms with Crippen molar-refractivity contribution >= 4 is 32.3 Å². The van der Waals surface area contributed by atoms with Crippen molar-refractivity contribution in [1.82, 2.24) is 0 Å². The lowest BCUT2D eigenvalue weighted by atomic mass is 9.91. The van der Waals surface area contributed by atoms with E-state index in [1.54, 1.807) is 27.7 Å². The molecule has 8 atom stereocenters. The summed E-state index contributed by atoms with van der Waals surface area (Å²) in [5, 5.41) is 84.6. The van der Waals surface area contributed by atoms with Crippen molar-refractivity contribution in [2.45, 2.75) is 181 Å². The number of hydrogen-bond acceptors (Lipinski definition) is 20. The SMILES string of the molecule is CCOC(O)C(O)OCCCCCCOc1c(OCCCCCCOC(O)C(O)OCC)c2cccc3c(OCCCCCCOC(O)C(O)OCC)c(OCCCCCCOC(O)C(O)OCC)c4cccc1c4c23. The van der Waals surface area contributed by atoms with Crippen LogP contribution in [0.15, 0.2) is 36.4 Å². The van der Waals surface area contributed by atoms with Gasteiger partial charge < -0.3 is 97.7 Å². The molecule has 0 heterocycles. The minimum Gasteiger partial charge on any atom is -0.489 e. The van der Waals surface area contributed by atoms with Crippen LogP contribution in [0.5, 0.6) is 23.0 Å². The number of ether oxygens (including phenoxy) is 12. The van der Waals surface area contributed by atoms with E-state index >= 15 is 0 Å². The molecule has 0 saturated heterocycles. The largest absolute Gasteiger partial charge is 0.489 e. The highest BCUT2D eigenvalue weighted by Crippen LogP contribution is 2.53. The molecule has 4 rings (SSSR count). The summed E-state index contributed by atoms with van der Waals surface area (Å²) in [6.45, 7) is 10.6. The smallest absolute Gasteiger partial charge is 0.206 e.